The predicted octanol–water partition coefficient (Wildman–Crippen LogP) is 0.905. The zero-order chi connectivity index (χ0) is 23.4. The van der Waals surface area contributed by atoms with E-state index in [2.05, 4.69) is 30.6 Å². The molecule has 2 amide bonds. The first kappa shape index (κ1) is 22.5. The van der Waals surface area contributed by atoms with Crippen molar-refractivity contribution in [2.75, 3.05) is 25.5 Å². The third-order valence-electron chi connectivity index (χ3n) is 5.54. The van der Waals surface area contributed by atoms with Crippen LogP contribution in [0.25, 0.3) is 0 Å². The van der Waals surface area contributed by atoms with E-state index in [-0.39, 0.29) is 18.0 Å². The van der Waals surface area contributed by atoms with Crippen LogP contribution >= 0.6 is 0 Å². The Balaban J connectivity index is 1.56. The molecule has 2 fully saturated rings. The van der Waals surface area contributed by atoms with Crippen molar-refractivity contribution in [3.8, 4) is 0 Å². The van der Waals surface area contributed by atoms with Crippen LogP contribution in [0.5, 0.6) is 0 Å². The van der Waals surface area contributed by atoms with Crippen LogP contribution in [0.3, 0.4) is 0 Å². The largest absolute Gasteiger partial charge is 0.391 e. The first-order valence-electron chi connectivity index (χ1n) is 10.8. The second-order valence-electron chi connectivity index (χ2n) is 8.12. The van der Waals surface area contributed by atoms with Crippen molar-refractivity contribution in [2.45, 2.75) is 37.3 Å². The molecule has 1 saturated carbocycles. The maximum Gasteiger partial charge on any atom is 0.272 e. The van der Waals surface area contributed by atoms with E-state index in [0.29, 0.717) is 30.3 Å². The number of anilines is 2. The average Bonchev–Trinajstić information content (AvgIpc) is 3.58. The fourth-order valence-electron chi connectivity index (χ4n) is 3.65. The molecule has 33 heavy (non-hydrogen) atoms. The summed E-state index contributed by atoms with van der Waals surface area (Å²) < 4.78 is 0. The summed E-state index contributed by atoms with van der Waals surface area (Å²) in [4.78, 5) is 43.8. The highest BCUT2D eigenvalue weighted by Crippen LogP contribution is 2.39. The molecule has 11 heteroatoms. The fraction of sp³-hybridized carbons (Fsp3) is 0.409. The summed E-state index contributed by atoms with van der Waals surface area (Å²) >= 11 is 0. The maximum atomic E-state index is 13.3. The highest BCUT2D eigenvalue weighted by atomic mass is 16.3. The Hall–Kier alpha value is -3.73. The summed E-state index contributed by atoms with van der Waals surface area (Å²) in [7, 11) is 1.50. The number of aliphatic imine (C=N–C) groups is 1. The summed E-state index contributed by atoms with van der Waals surface area (Å²) in [6.45, 7) is 0.536. The van der Waals surface area contributed by atoms with E-state index < -0.39 is 24.0 Å². The van der Waals surface area contributed by atoms with Gasteiger partial charge in [0.25, 0.3) is 11.8 Å². The molecule has 0 bridgehead atoms. The Morgan fingerprint density at radius 2 is 2.03 bits per heavy atom. The number of aromatic nitrogens is 3. The zero-order valence-corrected chi connectivity index (χ0v) is 18.2. The van der Waals surface area contributed by atoms with Crippen LogP contribution in [-0.2, 0) is 4.79 Å². The lowest BCUT2D eigenvalue weighted by molar-refractivity contribution is -0.123. The molecular weight excluding hydrogens is 424 g/mol. The Morgan fingerprint density at radius 3 is 2.67 bits per heavy atom. The summed E-state index contributed by atoms with van der Waals surface area (Å²) in [5.74, 6) is -0.753. The quantitative estimate of drug-likeness (QED) is 0.435. The highest BCUT2D eigenvalue weighted by Gasteiger charge is 2.32. The molecule has 0 aromatic carbocycles. The number of nitrogens with one attached hydrogen (secondary N) is 3. The number of rotatable bonds is 8. The van der Waals surface area contributed by atoms with E-state index in [1.807, 2.05) is 6.07 Å². The monoisotopic (exact) mass is 450 g/mol. The molecular formula is C22H26N8O3. The SMILES string of the molecule is CN=CC(NC(=O)c1nc(C2CC2)ccc1Nc1cncnc1)C(=N)C(=O)N1CCC(O)C1. The van der Waals surface area contributed by atoms with Gasteiger partial charge in [-0.3, -0.25) is 20.0 Å². The third kappa shape index (κ3) is 5.37. The number of likely N-dealkylation sites (tertiary alicyclic amines) is 1. The molecule has 1 saturated heterocycles. The highest BCUT2D eigenvalue weighted by molar-refractivity contribution is 6.43. The van der Waals surface area contributed by atoms with Crippen molar-refractivity contribution in [3.05, 3.63) is 42.2 Å². The van der Waals surface area contributed by atoms with Crippen molar-refractivity contribution >= 4 is 35.1 Å². The van der Waals surface area contributed by atoms with Crippen molar-refractivity contribution in [3.63, 3.8) is 0 Å². The van der Waals surface area contributed by atoms with E-state index in [9.17, 15) is 14.7 Å². The molecule has 172 valence electrons. The van der Waals surface area contributed by atoms with Gasteiger partial charge in [0, 0.05) is 38.0 Å². The minimum Gasteiger partial charge on any atom is -0.391 e. The molecule has 2 unspecified atom stereocenters. The number of aliphatic hydroxyl groups excluding tert-OH is 1. The van der Waals surface area contributed by atoms with Gasteiger partial charge in [-0.1, -0.05) is 0 Å². The Bertz CT molecular complexity index is 1070. The first-order chi connectivity index (χ1) is 16.0. The standard InChI is InChI=1S/C22H26N8O3/c1-24-10-18(19(23)22(33)30-7-6-15(31)11-30)29-21(32)20-17(27-14-8-25-12-26-9-14)5-4-16(28-20)13-2-3-13/h4-5,8-10,12-13,15,18,23,27,31H,2-3,6-7,11H2,1H3,(H,29,32). The minimum atomic E-state index is -1.04. The molecule has 2 aliphatic rings. The summed E-state index contributed by atoms with van der Waals surface area (Å²) in [5.41, 5.74) is 1.70. The van der Waals surface area contributed by atoms with Gasteiger partial charge < -0.3 is 20.6 Å². The predicted molar refractivity (Wildman–Crippen MR) is 122 cm³/mol. The molecule has 3 heterocycles. The van der Waals surface area contributed by atoms with Crippen LogP contribution in [-0.4, -0.2) is 81.0 Å². The first-order valence-corrected chi connectivity index (χ1v) is 10.8. The van der Waals surface area contributed by atoms with E-state index in [0.717, 1.165) is 18.5 Å². The second kappa shape index (κ2) is 9.82. The summed E-state index contributed by atoms with van der Waals surface area (Å²) in [6.07, 6.45) is 7.83. The minimum absolute atomic E-state index is 0.148. The number of carbonyl (C=O) groups excluding carboxylic acids is 2. The Labute approximate surface area is 190 Å². The smallest absolute Gasteiger partial charge is 0.272 e. The number of pyridine rings is 1. The zero-order valence-electron chi connectivity index (χ0n) is 18.2. The molecule has 2 aromatic rings. The number of hydrogen-bond acceptors (Lipinski definition) is 9. The van der Waals surface area contributed by atoms with Crippen LogP contribution in [0.1, 0.15) is 41.4 Å². The van der Waals surface area contributed by atoms with Crippen LogP contribution in [0.15, 0.2) is 35.8 Å². The normalized spacial score (nSPS) is 18.8. The number of nitrogens with zero attached hydrogens (tertiary/aromatic N) is 5. The lowest BCUT2D eigenvalue weighted by Crippen LogP contribution is -2.49. The number of aliphatic hydroxyl groups is 1. The van der Waals surface area contributed by atoms with Crippen LogP contribution < -0.4 is 10.6 Å². The topological polar surface area (TPSA) is 157 Å². The van der Waals surface area contributed by atoms with E-state index in [1.165, 1.54) is 24.5 Å². The Kier molecular flexibility index (Phi) is 6.68. The van der Waals surface area contributed by atoms with Crippen LogP contribution in [0.2, 0.25) is 0 Å². The molecule has 2 aromatic heterocycles. The van der Waals surface area contributed by atoms with Crippen molar-refractivity contribution in [2.24, 2.45) is 4.99 Å². The lowest BCUT2D eigenvalue weighted by Gasteiger charge is -2.21. The number of carbonyl (C=O) groups is 2. The molecule has 2 atom stereocenters. The van der Waals surface area contributed by atoms with Gasteiger partial charge in [-0.25, -0.2) is 15.0 Å². The van der Waals surface area contributed by atoms with Gasteiger partial charge in [-0.05, 0) is 31.4 Å². The van der Waals surface area contributed by atoms with Gasteiger partial charge in [0.15, 0.2) is 5.69 Å². The molecule has 0 radical (unpaired) electrons. The number of hydrogen-bond donors (Lipinski definition) is 4. The Morgan fingerprint density at radius 1 is 1.27 bits per heavy atom. The van der Waals surface area contributed by atoms with Gasteiger partial charge in [0.05, 0.1) is 29.9 Å². The van der Waals surface area contributed by atoms with Crippen molar-refractivity contribution in [1.29, 1.82) is 5.41 Å². The summed E-state index contributed by atoms with van der Waals surface area (Å²) in [5, 5.41) is 23.9. The summed E-state index contributed by atoms with van der Waals surface area (Å²) in [6, 6.07) is 2.63. The third-order valence-corrected chi connectivity index (χ3v) is 5.54. The van der Waals surface area contributed by atoms with Crippen molar-refractivity contribution < 1.29 is 14.7 Å². The van der Waals surface area contributed by atoms with E-state index >= 15 is 0 Å². The molecule has 4 rings (SSSR count). The van der Waals surface area contributed by atoms with Gasteiger partial charge in [0.1, 0.15) is 18.1 Å². The molecule has 11 nitrogen and oxygen atoms in total. The second-order valence-corrected chi connectivity index (χ2v) is 8.12. The van der Waals surface area contributed by atoms with Crippen molar-refractivity contribution in [1.82, 2.24) is 25.2 Å². The van der Waals surface area contributed by atoms with Gasteiger partial charge >= 0.3 is 0 Å². The molecule has 0 spiro atoms. The molecule has 4 N–H and O–H groups in total. The maximum absolute atomic E-state index is 13.3. The van der Waals surface area contributed by atoms with Crippen LogP contribution in [0.4, 0.5) is 11.4 Å². The lowest BCUT2D eigenvalue weighted by atomic mass is 10.1. The van der Waals surface area contributed by atoms with Crippen LogP contribution in [0, 0.1) is 5.41 Å². The number of amides is 2. The molecule has 1 aliphatic carbocycles. The molecule has 1 aliphatic heterocycles. The van der Waals surface area contributed by atoms with Gasteiger partial charge in [-0.2, -0.15) is 0 Å². The number of β-amino-alcohol motifs (C(OH)–C–C–N with tert-alkyl or cyclic N) is 1. The average molecular weight is 451 g/mol. The van der Waals surface area contributed by atoms with E-state index in [4.69, 9.17) is 5.41 Å². The van der Waals surface area contributed by atoms with Gasteiger partial charge in [0.2, 0.25) is 0 Å². The van der Waals surface area contributed by atoms with Gasteiger partial charge in [-0.15, -0.1) is 0 Å². The fourth-order valence-corrected chi connectivity index (χ4v) is 3.65. The van der Waals surface area contributed by atoms with E-state index in [1.54, 1.807) is 18.5 Å².